The molecule has 0 fully saturated rings. The van der Waals surface area contributed by atoms with Crippen molar-refractivity contribution < 1.29 is 15.3 Å². The van der Waals surface area contributed by atoms with Gasteiger partial charge in [-0.05, 0) is 36.8 Å². The molecule has 17 heavy (non-hydrogen) atoms. The zero-order chi connectivity index (χ0) is 13.5. The highest BCUT2D eigenvalue weighted by molar-refractivity contribution is 7.80. The van der Waals surface area contributed by atoms with Crippen LogP contribution in [0.3, 0.4) is 0 Å². The summed E-state index contributed by atoms with van der Waals surface area (Å²) in [6, 6.07) is 0. The van der Waals surface area contributed by atoms with Gasteiger partial charge < -0.3 is 15.3 Å². The Morgan fingerprint density at radius 3 is 2.18 bits per heavy atom. The van der Waals surface area contributed by atoms with E-state index in [4.69, 9.17) is 5.11 Å². The highest BCUT2D eigenvalue weighted by atomic mass is 32.1. The summed E-state index contributed by atoms with van der Waals surface area (Å²) >= 11 is 9.23. The van der Waals surface area contributed by atoms with Crippen LogP contribution in [0.1, 0.15) is 52.4 Å². The van der Waals surface area contributed by atoms with Crippen molar-refractivity contribution in [2.75, 3.05) is 0 Å². The lowest BCUT2D eigenvalue weighted by atomic mass is 9.84. The van der Waals surface area contributed by atoms with Gasteiger partial charge in [-0.25, -0.2) is 0 Å². The van der Waals surface area contributed by atoms with Gasteiger partial charge in [0.2, 0.25) is 0 Å². The molecule has 0 aromatic heterocycles. The molecule has 0 amide bonds. The van der Waals surface area contributed by atoms with E-state index in [1.807, 2.05) is 6.92 Å². The van der Waals surface area contributed by atoms with Crippen molar-refractivity contribution in [3.8, 4) is 0 Å². The van der Waals surface area contributed by atoms with Gasteiger partial charge in [-0.15, -0.1) is 0 Å². The van der Waals surface area contributed by atoms with Gasteiger partial charge in [0.1, 0.15) is 5.60 Å². The lowest BCUT2D eigenvalue weighted by molar-refractivity contribution is 0.0700. The summed E-state index contributed by atoms with van der Waals surface area (Å²) in [5, 5.41) is 27.9. The second-order valence-electron chi connectivity index (χ2n) is 4.53. The average molecular weight is 278 g/mol. The smallest absolute Gasteiger partial charge is 0.189 e. The van der Waals surface area contributed by atoms with Crippen LogP contribution in [0.4, 0.5) is 0 Å². The summed E-state index contributed by atoms with van der Waals surface area (Å²) < 4.78 is 0. The van der Waals surface area contributed by atoms with Crippen molar-refractivity contribution in [2.24, 2.45) is 5.92 Å². The molecule has 0 aliphatic heterocycles. The van der Waals surface area contributed by atoms with E-state index in [0.29, 0.717) is 6.42 Å². The van der Waals surface area contributed by atoms with Crippen LogP contribution in [0.15, 0.2) is 0 Å². The molecule has 0 aromatic rings. The van der Waals surface area contributed by atoms with Crippen molar-refractivity contribution >= 4 is 34.5 Å². The summed E-state index contributed by atoms with van der Waals surface area (Å²) in [6.45, 7) is 4.15. The largest absolute Gasteiger partial charge is 0.502 e. The number of hydrogen-bond donors (Lipinski definition) is 3. The monoisotopic (exact) mass is 278 g/mol. The molecular weight excluding hydrogens is 256 g/mol. The molecule has 0 aliphatic rings. The van der Waals surface area contributed by atoms with E-state index < -0.39 is 10.7 Å². The minimum Gasteiger partial charge on any atom is -0.502 e. The Morgan fingerprint density at radius 1 is 1.24 bits per heavy atom. The van der Waals surface area contributed by atoms with Crippen LogP contribution in [-0.2, 0) is 0 Å². The first-order valence-electron chi connectivity index (χ1n) is 6.03. The molecule has 0 saturated heterocycles. The fourth-order valence-corrected chi connectivity index (χ4v) is 2.30. The van der Waals surface area contributed by atoms with Crippen LogP contribution >= 0.6 is 24.4 Å². The zero-order valence-electron chi connectivity index (χ0n) is 10.5. The normalized spacial score (nSPS) is 16.2. The zero-order valence-corrected chi connectivity index (χ0v) is 12.1. The molecule has 0 bridgehead atoms. The summed E-state index contributed by atoms with van der Waals surface area (Å²) in [5.41, 5.74) is -1.56. The Morgan fingerprint density at radius 2 is 1.82 bits per heavy atom. The van der Waals surface area contributed by atoms with E-state index in [-0.39, 0.29) is 17.4 Å². The predicted molar refractivity (Wildman–Crippen MR) is 77.9 cm³/mol. The second kappa shape index (κ2) is 7.95. The lowest BCUT2D eigenvalue weighted by Crippen LogP contribution is -2.41. The predicted octanol–water partition coefficient (Wildman–Crippen LogP) is 3.48. The standard InChI is InChI=1S/C12H22O3S2/c1-3-5-6-9(4-2)7-12(15,11(14)17)8-10(13)16/h9,15H,3-8H2,1-2H3,(H,13,16)(H,14,17). The Labute approximate surface area is 114 Å². The molecule has 0 aromatic carbocycles. The second-order valence-corrected chi connectivity index (χ2v) is 5.39. The van der Waals surface area contributed by atoms with Gasteiger partial charge in [-0.3, -0.25) is 0 Å². The Bertz CT molecular complexity index is 268. The van der Waals surface area contributed by atoms with Crippen molar-refractivity contribution in [3.05, 3.63) is 0 Å². The number of unbranched alkanes of at least 4 members (excludes halogenated alkanes) is 1. The number of rotatable bonds is 9. The topological polar surface area (TPSA) is 60.7 Å². The molecule has 0 radical (unpaired) electrons. The van der Waals surface area contributed by atoms with Crippen molar-refractivity contribution in [1.82, 2.24) is 0 Å². The van der Waals surface area contributed by atoms with Gasteiger partial charge in [0.15, 0.2) is 10.1 Å². The minimum atomic E-state index is -1.56. The van der Waals surface area contributed by atoms with Gasteiger partial charge in [-0.2, -0.15) is 0 Å². The van der Waals surface area contributed by atoms with Crippen molar-refractivity contribution in [2.45, 2.75) is 58.0 Å². The Hall–Kier alpha value is -0.260. The first-order valence-corrected chi connectivity index (χ1v) is 6.85. The highest BCUT2D eigenvalue weighted by Crippen LogP contribution is 2.28. The van der Waals surface area contributed by atoms with Gasteiger partial charge in [0.05, 0.1) is 6.42 Å². The van der Waals surface area contributed by atoms with Gasteiger partial charge >= 0.3 is 0 Å². The molecule has 100 valence electrons. The van der Waals surface area contributed by atoms with Crippen LogP contribution in [0.25, 0.3) is 0 Å². The molecule has 0 rings (SSSR count). The van der Waals surface area contributed by atoms with Crippen LogP contribution in [0.5, 0.6) is 0 Å². The van der Waals surface area contributed by atoms with Crippen molar-refractivity contribution in [1.29, 1.82) is 0 Å². The van der Waals surface area contributed by atoms with Crippen LogP contribution in [0.2, 0.25) is 0 Å². The van der Waals surface area contributed by atoms with E-state index in [1.165, 1.54) is 0 Å². The quantitative estimate of drug-likeness (QED) is 0.564. The number of hydrogen-bond acceptors (Lipinski definition) is 3. The molecule has 3 N–H and O–H groups in total. The first-order chi connectivity index (χ1) is 7.85. The van der Waals surface area contributed by atoms with E-state index in [9.17, 15) is 10.2 Å². The summed E-state index contributed by atoms with van der Waals surface area (Å²) in [6.07, 6.45) is 4.24. The van der Waals surface area contributed by atoms with Gasteiger partial charge in [0.25, 0.3) is 0 Å². The van der Waals surface area contributed by atoms with Gasteiger partial charge in [-0.1, -0.05) is 39.5 Å². The molecule has 3 nitrogen and oxygen atoms in total. The van der Waals surface area contributed by atoms with E-state index in [2.05, 4.69) is 31.4 Å². The van der Waals surface area contributed by atoms with Crippen LogP contribution in [-0.4, -0.2) is 31.0 Å². The number of aliphatic hydroxyl groups excluding tert-OH is 2. The summed E-state index contributed by atoms with van der Waals surface area (Å²) in [5.74, 6) is 0.277. The number of thiocarbonyl (C=S) groups is 2. The maximum atomic E-state index is 10.2. The molecule has 0 heterocycles. The number of aliphatic hydroxyl groups is 3. The molecule has 2 unspecified atom stereocenters. The third-order valence-corrected chi connectivity index (χ3v) is 3.54. The summed E-state index contributed by atoms with van der Waals surface area (Å²) in [4.78, 5) is 0. The molecule has 5 heteroatoms. The first kappa shape index (κ1) is 16.7. The van der Waals surface area contributed by atoms with E-state index in [1.54, 1.807) is 0 Å². The third-order valence-electron chi connectivity index (χ3n) is 3.01. The fourth-order valence-electron chi connectivity index (χ4n) is 1.91. The fraction of sp³-hybridized carbons (Fsp3) is 0.833. The Kier molecular flexibility index (Phi) is 7.83. The highest BCUT2D eigenvalue weighted by Gasteiger charge is 2.35. The van der Waals surface area contributed by atoms with Crippen LogP contribution < -0.4 is 0 Å². The van der Waals surface area contributed by atoms with Crippen LogP contribution in [0, 0.1) is 5.92 Å². The van der Waals surface area contributed by atoms with E-state index >= 15 is 0 Å². The van der Waals surface area contributed by atoms with E-state index in [0.717, 1.165) is 25.7 Å². The molecule has 0 aliphatic carbocycles. The molecule has 2 atom stereocenters. The van der Waals surface area contributed by atoms with Gasteiger partial charge in [0, 0.05) is 0 Å². The average Bonchev–Trinajstić information content (AvgIpc) is 2.22. The summed E-state index contributed by atoms with van der Waals surface area (Å²) in [7, 11) is 0. The SMILES string of the molecule is CCCCC(CC)CC(O)(CC(O)=S)C(O)=S. The maximum Gasteiger partial charge on any atom is 0.189 e. The molecular formula is C12H22O3S2. The lowest BCUT2D eigenvalue weighted by Gasteiger charge is -2.29. The van der Waals surface area contributed by atoms with Crippen molar-refractivity contribution in [3.63, 3.8) is 0 Å². The maximum absolute atomic E-state index is 10.2. The third kappa shape index (κ3) is 6.29. The molecule has 0 saturated carbocycles. The molecule has 0 spiro atoms. The minimum absolute atomic E-state index is 0.166. The Balaban J connectivity index is 4.60.